The number of benzene rings is 1. The number of aromatic nitrogens is 1. The molecule has 1 fully saturated rings. The molecule has 1 amide bonds. The molecule has 1 aliphatic heterocycles. The van der Waals surface area contributed by atoms with Gasteiger partial charge in [-0.25, -0.2) is 0 Å². The maximum atomic E-state index is 12.2. The van der Waals surface area contributed by atoms with Crippen molar-refractivity contribution in [3.05, 3.63) is 30.0 Å². The molecular formula is C14H17N3OS. The van der Waals surface area contributed by atoms with Gasteiger partial charge in [0, 0.05) is 11.4 Å². The van der Waals surface area contributed by atoms with Gasteiger partial charge in [0.1, 0.15) is 5.69 Å². The third kappa shape index (κ3) is 2.56. The molecule has 2 heterocycles. The summed E-state index contributed by atoms with van der Waals surface area (Å²) in [5, 5.41) is 4.07. The van der Waals surface area contributed by atoms with Gasteiger partial charge in [0.25, 0.3) is 5.91 Å². The summed E-state index contributed by atoms with van der Waals surface area (Å²) >= 11 is 1.95. The fourth-order valence-corrected chi connectivity index (χ4v) is 3.51. The number of nitrogen functional groups attached to an aromatic ring is 1. The number of carbonyl (C=O) groups excluding carboxylic acids is 1. The normalized spacial score (nSPS) is 16.6. The first-order valence-electron chi connectivity index (χ1n) is 6.50. The minimum absolute atomic E-state index is 0.0347. The Labute approximate surface area is 116 Å². The van der Waals surface area contributed by atoms with Crippen LogP contribution in [0, 0.1) is 0 Å². The maximum Gasteiger partial charge on any atom is 0.267 e. The van der Waals surface area contributed by atoms with Crippen LogP contribution in [-0.2, 0) is 0 Å². The molecule has 1 aromatic carbocycles. The van der Waals surface area contributed by atoms with Gasteiger partial charge in [0.15, 0.2) is 0 Å². The van der Waals surface area contributed by atoms with Crippen molar-refractivity contribution in [1.82, 2.24) is 10.3 Å². The molecule has 5 heteroatoms. The first-order valence-corrected chi connectivity index (χ1v) is 7.65. The second-order valence-corrected chi connectivity index (χ2v) is 6.08. The van der Waals surface area contributed by atoms with E-state index in [-0.39, 0.29) is 5.91 Å². The molecule has 0 saturated carbocycles. The van der Waals surface area contributed by atoms with E-state index in [1.165, 1.54) is 0 Å². The summed E-state index contributed by atoms with van der Waals surface area (Å²) in [6, 6.07) is 7.84. The highest BCUT2D eigenvalue weighted by molar-refractivity contribution is 7.99. The Morgan fingerprint density at radius 1 is 1.37 bits per heavy atom. The zero-order chi connectivity index (χ0) is 13.2. The zero-order valence-electron chi connectivity index (χ0n) is 10.6. The van der Waals surface area contributed by atoms with Crippen molar-refractivity contribution in [2.45, 2.75) is 18.9 Å². The quantitative estimate of drug-likeness (QED) is 0.737. The molecule has 1 aromatic heterocycles. The smallest absolute Gasteiger partial charge is 0.267 e. The monoisotopic (exact) mass is 275 g/mol. The van der Waals surface area contributed by atoms with E-state index in [4.69, 9.17) is 5.73 Å². The zero-order valence-corrected chi connectivity index (χ0v) is 11.4. The number of thioether (sulfide) groups is 1. The lowest BCUT2D eigenvalue weighted by Crippen LogP contribution is -2.37. The van der Waals surface area contributed by atoms with E-state index in [0.717, 1.165) is 35.3 Å². The average Bonchev–Trinajstić information content (AvgIpc) is 2.85. The molecule has 0 radical (unpaired) electrons. The number of amides is 1. The summed E-state index contributed by atoms with van der Waals surface area (Å²) in [5.74, 6) is 2.22. The molecule has 19 heavy (non-hydrogen) atoms. The molecule has 2 aromatic rings. The van der Waals surface area contributed by atoms with Crippen molar-refractivity contribution in [3.63, 3.8) is 0 Å². The van der Waals surface area contributed by atoms with Crippen LogP contribution in [0.1, 0.15) is 23.3 Å². The van der Waals surface area contributed by atoms with Crippen LogP contribution in [0.2, 0.25) is 0 Å². The number of fused-ring (bicyclic) bond motifs is 1. The Morgan fingerprint density at radius 2 is 2.16 bits per heavy atom. The number of H-pyrrole nitrogens is 1. The van der Waals surface area contributed by atoms with Crippen LogP contribution >= 0.6 is 11.8 Å². The number of carbonyl (C=O) groups is 1. The third-order valence-corrected chi connectivity index (χ3v) is 4.54. The third-order valence-electron chi connectivity index (χ3n) is 3.49. The van der Waals surface area contributed by atoms with Gasteiger partial charge in [-0.3, -0.25) is 4.79 Å². The summed E-state index contributed by atoms with van der Waals surface area (Å²) in [7, 11) is 0. The standard InChI is InChI=1S/C14H17N3OS/c15-11-3-1-2-9-8-12(17-13(9)11)14(18)16-10-4-6-19-7-5-10/h1-3,8,10,17H,4-7,15H2,(H,16,18). The van der Waals surface area contributed by atoms with Gasteiger partial charge in [-0.05, 0) is 36.5 Å². The number of anilines is 1. The summed E-state index contributed by atoms with van der Waals surface area (Å²) < 4.78 is 0. The molecule has 100 valence electrons. The lowest BCUT2D eigenvalue weighted by Gasteiger charge is -2.22. The summed E-state index contributed by atoms with van der Waals surface area (Å²) in [4.78, 5) is 15.3. The fraction of sp³-hybridized carbons (Fsp3) is 0.357. The highest BCUT2D eigenvalue weighted by Gasteiger charge is 2.18. The van der Waals surface area contributed by atoms with E-state index < -0.39 is 0 Å². The molecule has 0 spiro atoms. The molecule has 0 atom stereocenters. The molecule has 0 bridgehead atoms. The highest BCUT2D eigenvalue weighted by Crippen LogP contribution is 2.22. The van der Waals surface area contributed by atoms with E-state index in [1.54, 1.807) is 0 Å². The van der Waals surface area contributed by atoms with Crippen molar-refractivity contribution in [3.8, 4) is 0 Å². The van der Waals surface area contributed by atoms with Crippen LogP contribution in [0.5, 0.6) is 0 Å². The summed E-state index contributed by atoms with van der Waals surface area (Å²) in [6.07, 6.45) is 2.11. The van der Waals surface area contributed by atoms with Crippen LogP contribution < -0.4 is 11.1 Å². The molecular weight excluding hydrogens is 258 g/mol. The second kappa shape index (κ2) is 5.17. The van der Waals surface area contributed by atoms with Crippen LogP contribution in [0.3, 0.4) is 0 Å². The van der Waals surface area contributed by atoms with E-state index in [1.807, 2.05) is 36.0 Å². The molecule has 4 nitrogen and oxygen atoms in total. The molecule has 3 rings (SSSR count). The van der Waals surface area contributed by atoms with E-state index in [2.05, 4.69) is 10.3 Å². The highest BCUT2D eigenvalue weighted by atomic mass is 32.2. The number of para-hydroxylation sites is 1. The van der Waals surface area contributed by atoms with E-state index >= 15 is 0 Å². The molecule has 4 N–H and O–H groups in total. The predicted molar refractivity (Wildman–Crippen MR) is 80.5 cm³/mol. The number of rotatable bonds is 2. The molecule has 1 saturated heterocycles. The van der Waals surface area contributed by atoms with Crippen LogP contribution in [-0.4, -0.2) is 28.4 Å². The number of nitrogens with one attached hydrogen (secondary N) is 2. The van der Waals surface area contributed by atoms with Crippen LogP contribution in [0.25, 0.3) is 10.9 Å². The van der Waals surface area contributed by atoms with Gasteiger partial charge in [-0.1, -0.05) is 12.1 Å². The van der Waals surface area contributed by atoms with Gasteiger partial charge in [-0.15, -0.1) is 0 Å². The number of hydrogen-bond acceptors (Lipinski definition) is 3. The van der Waals surface area contributed by atoms with Crippen molar-refractivity contribution in [2.24, 2.45) is 0 Å². The van der Waals surface area contributed by atoms with Gasteiger partial charge < -0.3 is 16.0 Å². The maximum absolute atomic E-state index is 12.2. The fourth-order valence-electron chi connectivity index (χ4n) is 2.41. The minimum Gasteiger partial charge on any atom is -0.397 e. The topological polar surface area (TPSA) is 70.9 Å². The summed E-state index contributed by atoms with van der Waals surface area (Å²) in [6.45, 7) is 0. The second-order valence-electron chi connectivity index (χ2n) is 4.85. The number of hydrogen-bond donors (Lipinski definition) is 3. The summed E-state index contributed by atoms with van der Waals surface area (Å²) in [5.41, 5.74) is 7.99. The van der Waals surface area contributed by atoms with Crippen molar-refractivity contribution >= 4 is 34.3 Å². The number of nitrogens with two attached hydrogens (primary N) is 1. The first kappa shape index (κ1) is 12.4. The number of aromatic amines is 1. The van der Waals surface area contributed by atoms with Crippen LogP contribution in [0.4, 0.5) is 5.69 Å². The van der Waals surface area contributed by atoms with Crippen LogP contribution in [0.15, 0.2) is 24.3 Å². The Kier molecular flexibility index (Phi) is 3.38. The average molecular weight is 275 g/mol. The van der Waals surface area contributed by atoms with Crippen molar-refractivity contribution in [1.29, 1.82) is 0 Å². The van der Waals surface area contributed by atoms with E-state index in [9.17, 15) is 4.79 Å². The van der Waals surface area contributed by atoms with Gasteiger partial charge in [-0.2, -0.15) is 11.8 Å². The van der Waals surface area contributed by atoms with Gasteiger partial charge in [0.2, 0.25) is 0 Å². The Balaban J connectivity index is 1.79. The van der Waals surface area contributed by atoms with Crippen molar-refractivity contribution < 1.29 is 4.79 Å². The van der Waals surface area contributed by atoms with Crippen molar-refractivity contribution in [2.75, 3.05) is 17.2 Å². The Hall–Kier alpha value is -1.62. The van der Waals surface area contributed by atoms with Gasteiger partial charge in [0.05, 0.1) is 11.2 Å². The largest absolute Gasteiger partial charge is 0.397 e. The molecule has 1 aliphatic rings. The Bertz CT molecular complexity index is 602. The SMILES string of the molecule is Nc1cccc2cc(C(=O)NC3CCSCC3)[nH]c12. The van der Waals surface area contributed by atoms with Gasteiger partial charge >= 0.3 is 0 Å². The lowest BCUT2D eigenvalue weighted by atomic mass is 10.1. The van der Waals surface area contributed by atoms with E-state index in [0.29, 0.717) is 17.4 Å². The Morgan fingerprint density at radius 3 is 2.89 bits per heavy atom. The lowest BCUT2D eigenvalue weighted by molar-refractivity contribution is 0.0930. The predicted octanol–water partition coefficient (Wildman–Crippen LogP) is 2.38. The molecule has 0 unspecified atom stereocenters. The first-order chi connectivity index (χ1) is 9.24. The molecule has 0 aliphatic carbocycles. The minimum atomic E-state index is -0.0347.